The fourth-order valence-corrected chi connectivity index (χ4v) is 3.09. The summed E-state index contributed by atoms with van der Waals surface area (Å²) in [5.74, 6) is 0.0847. The van der Waals surface area contributed by atoms with Crippen molar-refractivity contribution in [1.29, 1.82) is 0 Å². The molecule has 2 rings (SSSR count). The number of rotatable bonds is 7. The highest BCUT2D eigenvalue weighted by Crippen LogP contribution is 2.35. The zero-order valence-corrected chi connectivity index (χ0v) is 12.7. The lowest BCUT2D eigenvalue weighted by atomic mass is 9.74. The molecule has 0 radical (unpaired) electrons. The molecular weight excluding hydrogens is 290 g/mol. The Morgan fingerprint density at radius 1 is 1.33 bits per heavy atom. The van der Waals surface area contributed by atoms with Crippen molar-refractivity contribution in [3.05, 3.63) is 24.3 Å². The summed E-state index contributed by atoms with van der Waals surface area (Å²) in [5.41, 5.74) is -0.524. The molecule has 0 spiro atoms. The fraction of sp³-hybridized carbons (Fsp3) is 0.467. The minimum Gasteiger partial charge on any atom is -0.497 e. The molecule has 0 atom stereocenters. The van der Waals surface area contributed by atoms with E-state index in [2.05, 4.69) is 5.32 Å². The van der Waals surface area contributed by atoms with Crippen LogP contribution in [-0.4, -0.2) is 35.4 Å². The van der Waals surface area contributed by atoms with Crippen LogP contribution in [-0.2, 0) is 9.59 Å². The maximum Gasteiger partial charge on any atom is 0.305 e. The van der Waals surface area contributed by atoms with Gasteiger partial charge in [0.15, 0.2) is 0 Å². The van der Waals surface area contributed by atoms with Crippen LogP contribution in [0.4, 0.5) is 0 Å². The number of thioether (sulfide) groups is 1. The lowest BCUT2D eigenvalue weighted by Gasteiger charge is -2.41. The minimum atomic E-state index is -0.863. The van der Waals surface area contributed by atoms with Crippen LogP contribution in [0.3, 0.4) is 0 Å². The third-order valence-corrected chi connectivity index (χ3v) is 4.65. The normalized spacial score (nSPS) is 15.9. The van der Waals surface area contributed by atoms with E-state index in [1.165, 1.54) is 11.8 Å². The van der Waals surface area contributed by atoms with Gasteiger partial charge in [0.25, 0.3) is 0 Å². The van der Waals surface area contributed by atoms with Crippen LogP contribution in [0.1, 0.15) is 25.7 Å². The van der Waals surface area contributed by atoms with Gasteiger partial charge in [-0.1, -0.05) is 0 Å². The second-order valence-electron chi connectivity index (χ2n) is 5.22. The number of aliphatic carboxylic acids is 1. The maximum atomic E-state index is 12.0. The third-order valence-electron chi connectivity index (χ3n) is 3.63. The van der Waals surface area contributed by atoms with Crippen molar-refractivity contribution in [2.75, 3.05) is 12.9 Å². The highest BCUT2D eigenvalue weighted by molar-refractivity contribution is 8.00. The van der Waals surface area contributed by atoms with Crippen molar-refractivity contribution >= 4 is 23.6 Å². The van der Waals surface area contributed by atoms with Gasteiger partial charge in [-0.3, -0.25) is 9.59 Å². The van der Waals surface area contributed by atoms with Crippen LogP contribution >= 0.6 is 11.8 Å². The quantitative estimate of drug-likeness (QED) is 0.756. The topological polar surface area (TPSA) is 75.6 Å². The molecule has 0 saturated heterocycles. The Morgan fingerprint density at radius 2 is 2.00 bits per heavy atom. The second kappa shape index (κ2) is 6.85. The number of nitrogens with one attached hydrogen (secondary N) is 1. The van der Waals surface area contributed by atoms with Gasteiger partial charge in [0.05, 0.1) is 24.8 Å². The predicted molar refractivity (Wildman–Crippen MR) is 80.7 cm³/mol. The van der Waals surface area contributed by atoms with E-state index in [1.807, 2.05) is 24.3 Å². The van der Waals surface area contributed by atoms with Gasteiger partial charge >= 0.3 is 5.97 Å². The lowest BCUT2D eigenvalue weighted by molar-refractivity contribution is -0.140. The SMILES string of the molecule is COc1ccc(SCC(=O)NC2(CC(=O)O)CCC2)cc1. The smallest absolute Gasteiger partial charge is 0.305 e. The molecule has 6 heteroatoms. The van der Waals surface area contributed by atoms with Gasteiger partial charge in [-0.05, 0) is 43.5 Å². The highest BCUT2D eigenvalue weighted by Gasteiger charge is 2.40. The zero-order chi connectivity index (χ0) is 15.3. The molecule has 0 heterocycles. The van der Waals surface area contributed by atoms with Crippen molar-refractivity contribution in [1.82, 2.24) is 5.32 Å². The molecule has 1 saturated carbocycles. The van der Waals surface area contributed by atoms with Gasteiger partial charge in [0.1, 0.15) is 5.75 Å². The summed E-state index contributed by atoms with van der Waals surface area (Å²) in [7, 11) is 1.61. The summed E-state index contributed by atoms with van der Waals surface area (Å²) >= 11 is 1.43. The van der Waals surface area contributed by atoms with E-state index in [-0.39, 0.29) is 18.1 Å². The Kier molecular flexibility index (Phi) is 5.12. The molecule has 1 aromatic rings. The summed E-state index contributed by atoms with van der Waals surface area (Å²) < 4.78 is 5.08. The average Bonchev–Trinajstić information content (AvgIpc) is 2.43. The maximum absolute atomic E-state index is 12.0. The molecule has 0 unspecified atom stereocenters. The van der Waals surface area contributed by atoms with E-state index < -0.39 is 11.5 Å². The number of benzene rings is 1. The summed E-state index contributed by atoms with van der Waals surface area (Å²) in [6.45, 7) is 0. The van der Waals surface area contributed by atoms with E-state index in [1.54, 1.807) is 7.11 Å². The van der Waals surface area contributed by atoms with Gasteiger partial charge < -0.3 is 15.2 Å². The lowest BCUT2D eigenvalue weighted by Crippen LogP contribution is -2.55. The van der Waals surface area contributed by atoms with Crippen LogP contribution in [0.15, 0.2) is 29.2 Å². The van der Waals surface area contributed by atoms with Crippen LogP contribution < -0.4 is 10.1 Å². The van der Waals surface area contributed by atoms with Crippen molar-refractivity contribution in [2.24, 2.45) is 0 Å². The number of carboxylic acids is 1. The standard InChI is InChI=1S/C15H19NO4S/c1-20-11-3-5-12(6-4-11)21-10-13(17)16-15(7-2-8-15)9-14(18)19/h3-6H,2,7-10H2,1H3,(H,16,17)(H,18,19). The van der Waals surface area contributed by atoms with Gasteiger partial charge in [-0.25, -0.2) is 0 Å². The molecule has 0 bridgehead atoms. The minimum absolute atomic E-state index is 0.00590. The van der Waals surface area contributed by atoms with Crippen LogP contribution in [0.5, 0.6) is 5.75 Å². The summed E-state index contributed by atoms with van der Waals surface area (Å²) in [5, 5.41) is 11.8. The number of amides is 1. The van der Waals surface area contributed by atoms with Crippen molar-refractivity contribution in [3.8, 4) is 5.75 Å². The van der Waals surface area contributed by atoms with Crippen molar-refractivity contribution < 1.29 is 19.4 Å². The monoisotopic (exact) mass is 309 g/mol. The second-order valence-corrected chi connectivity index (χ2v) is 6.27. The van der Waals surface area contributed by atoms with E-state index in [0.29, 0.717) is 0 Å². The number of carbonyl (C=O) groups excluding carboxylic acids is 1. The highest BCUT2D eigenvalue weighted by atomic mass is 32.2. The van der Waals surface area contributed by atoms with Crippen LogP contribution in [0, 0.1) is 0 Å². The van der Waals surface area contributed by atoms with E-state index in [0.717, 1.165) is 29.9 Å². The van der Waals surface area contributed by atoms with Crippen molar-refractivity contribution in [3.63, 3.8) is 0 Å². The number of ether oxygens (including phenoxy) is 1. The predicted octanol–water partition coefficient (Wildman–Crippen LogP) is 2.30. The summed E-state index contributed by atoms with van der Waals surface area (Å²) in [6.07, 6.45) is 2.47. The first-order valence-electron chi connectivity index (χ1n) is 6.83. The first kappa shape index (κ1) is 15.7. The largest absolute Gasteiger partial charge is 0.497 e. The number of hydrogen-bond acceptors (Lipinski definition) is 4. The summed E-state index contributed by atoms with van der Waals surface area (Å²) in [4.78, 5) is 23.8. The van der Waals surface area contributed by atoms with Gasteiger partial charge in [-0.2, -0.15) is 0 Å². The number of hydrogen-bond donors (Lipinski definition) is 2. The number of carbonyl (C=O) groups is 2. The molecule has 2 N–H and O–H groups in total. The molecular formula is C15H19NO4S. The number of carboxylic acid groups (broad SMARTS) is 1. The Bertz CT molecular complexity index is 511. The first-order chi connectivity index (χ1) is 10.0. The van der Waals surface area contributed by atoms with Crippen LogP contribution in [0.25, 0.3) is 0 Å². The van der Waals surface area contributed by atoms with Crippen molar-refractivity contribution in [2.45, 2.75) is 36.1 Å². The van der Waals surface area contributed by atoms with E-state index in [9.17, 15) is 9.59 Å². The molecule has 0 aromatic heterocycles. The molecule has 1 aromatic carbocycles. The molecule has 1 aliphatic carbocycles. The molecule has 0 aliphatic heterocycles. The van der Waals surface area contributed by atoms with Gasteiger partial charge in [0.2, 0.25) is 5.91 Å². The Balaban J connectivity index is 1.82. The van der Waals surface area contributed by atoms with Gasteiger partial charge in [-0.15, -0.1) is 11.8 Å². The molecule has 21 heavy (non-hydrogen) atoms. The fourth-order valence-electron chi connectivity index (χ4n) is 2.39. The molecule has 1 fully saturated rings. The molecule has 114 valence electrons. The number of methoxy groups -OCH3 is 1. The first-order valence-corrected chi connectivity index (χ1v) is 7.81. The Hall–Kier alpha value is -1.69. The third kappa shape index (κ3) is 4.39. The van der Waals surface area contributed by atoms with E-state index >= 15 is 0 Å². The molecule has 1 aliphatic rings. The van der Waals surface area contributed by atoms with Crippen LogP contribution in [0.2, 0.25) is 0 Å². The Morgan fingerprint density at radius 3 is 2.48 bits per heavy atom. The van der Waals surface area contributed by atoms with Gasteiger partial charge in [0, 0.05) is 4.90 Å². The Labute approximate surface area is 128 Å². The molecule has 1 amide bonds. The van der Waals surface area contributed by atoms with E-state index in [4.69, 9.17) is 9.84 Å². The molecule has 5 nitrogen and oxygen atoms in total. The average molecular weight is 309 g/mol. The zero-order valence-electron chi connectivity index (χ0n) is 11.9. The summed E-state index contributed by atoms with van der Waals surface area (Å²) in [6, 6.07) is 7.48.